The van der Waals surface area contributed by atoms with E-state index in [1.165, 1.54) is 25.5 Å². The average molecular weight is 292 g/mol. The van der Waals surface area contributed by atoms with Crippen molar-refractivity contribution in [2.24, 2.45) is 0 Å². The molecule has 0 aliphatic rings. The molecule has 0 saturated carbocycles. The van der Waals surface area contributed by atoms with Gasteiger partial charge in [-0.05, 0) is 13.3 Å². The minimum Gasteiger partial charge on any atom is -0.396 e. The van der Waals surface area contributed by atoms with Crippen LogP contribution in [0.2, 0.25) is 0 Å². The van der Waals surface area contributed by atoms with Gasteiger partial charge in [-0.15, -0.1) is 0 Å². The lowest BCUT2D eigenvalue weighted by Crippen LogP contribution is -2.34. The van der Waals surface area contributed by atoms with Gasteiger partial charge in [0.15, 0.2) is 5.69 Å². The number of rotatable bonds is 8. The van der Waals surface area contributed by atoms with Crippen molar-refractivity contribution in [3.05, 3.63) is 17.7 Å². The molecule has 1 aromatic rings. The van der Waals surface area contributed by atoms with Crippen LogP contribution in [0.5, 0.6) is 0 Å². The van der Waals surface area contributed by atoms with E-state index in [4.69, 9.17) is 5.73 Å². The number of nitrogen functional groups attached to an aromatic ring is 1. The Hall–Kier alpha value is -1.65. The maximum absolute atomic E-state index is 12.3. The molecule has 5 nitrogen and oxygen atoms in total. The number of amides is 1. The SMILES string of the molecule is CCCCCCC(C)NC(=O)c1nc(C(C)C)ncc1N. The van der Waals surface area contributed by atoms with E-state index < -0.39 is 0 Å². The third-order valence-electron chi connectivity index (χ3n) is 3.44. The highest BCUT2D eigenvalue weighted by molar-refractivity contribution is 5.97. The number of anilines is 1. The van der Waals surface area contributed by atoms with Crippen molar-refractivity contribution < 1.29 is 4.79 Å². The van der Waals surface area contributed by atoms with Crippen LogP contribution in [0.1, 0.15) is 82.0 Å². The zero-order valence-electron chi connectivity index (χ0n) is 13.6. The molecule has 21 heavy (non-hydrogen) atoms. The Bertz CT molecular complexity index is 460. The maximum atomic E-state index is 12.3. The molecule has 0 aliphatic heterocycles. The Morgan fingerprint density at radius 3 is 2.62 bits per heavy atom. The Morgan fingerprint density at radius 1 is 1.29 bits per heavy atom. The normalized spacial score (nSPS) is 12.4. The Kier molecular flexibility index (Phi) is 7.12. The molecule has 1 heterocycles. The lowest BCUT2D eigenvalue weighted by Gasteiger charge is -2.15. The molecule has 0 bridgehead atoms. The molecule has 5 heteroatoms. The lowest BCUT2D eigenvalue weighted by molar-refractivity contribution is 0.0933. The number of hydrogen-bond donors (Lipinski definition) is 2. The van der Waals surface area contributed by atoms with Crippen LogP contribution in [-0.2, 0) is 0 Å². The van der Waals surface area contributed by atoms with E-state index in [9.17, 15) is 4.79 Å². The molecule has 1 atom stereocenters. The fourth-order valence-electron chi connectivity index (χ4n) is 2.11. The maximum Gasteiger partial charge on any atom is 0.272 e. The number of aromatic nitrogens is 2. The van der Waals surface area contributed by atoms with Gasteiger partial charge in [0, 0.05) is 12.0 Å². The minimum atomic E-state index is -0.209. The molecule has 0 fully saturated rings. The smallest absolute Gasteiger partial charge is 0.272 e. The third kappa shape index (κ3) is 5.69. The summed E-state index contributed by atoms with van der Waals surface area (Å²) in [5.41, 5.74) is 6.44. The van der Waals surface area contributed by atoms with Crippen LogP contribution in [0.4, 0.5) is 5.69 Å². The average Bonchev–Trinajstić information content (AvgIpc) is 2.43. The third-order valence-corrected chi connectivity index (χ3v) is 3.44. The van der Waals surface area contributed by atoms with Crippen LogP contribution in [0.3, 0.4) is 0 Å². The standard InChI is InChI=1S/C16H28N4O/c1-5-6-7-8-9-12(4)19-16(21)14-13(17)10-18-15(20-14)11(2)3/h10-12H,5-9,17H2,1-4H3,(H,19,21). The van der Waals surface area contributed by atoms with Crippen molar-refractivity contribution in [2.75, 3.05) is 5.73 Å². The van der Waals surface area contributed by atoms with E-state index in [1.807, 2.05) is 20.8 Å². The van der Waals surface area contributed by atoms with E-state index >= 15 is 0 Å². The van der Waals surface area contributed by atoms with Crippen molar-refractivity contribution in [3.63, 3.8) is 0 Å². The first kappa shape index (κ1) is 17.4. The second-order valence-electron chi connectivity index (χ2n) is 5.91. The Balaban J connectivity index is 2.60. The van der Waals surface area contributed by atoms with E-state index in [1.54, 1.807) is 0 Å². The number of nitrogens with zero attached hydrogens (tertiary/aromatic N) is 2. The van der Waals surface area contributed by atoms with Crippen LogP contribution in [0.25, 0.3) is 0 Å². The summed E-state index contributed by atoms with van der Waals surface area (Å²) in [5.74, 6) is 0.605. The molecule has 1 rings (SSSR count). The highest BCUT2D eigenvalue weighted by Crippen LogP contribution is 2.14. The van der Waals surface area contributed by atoms with Gasteiger partial charge in [-0.25, -0.2) is 9.97 Å². The number of carbonyl (C=O) groups is 1. The predicted molar refractivity (Wildman–Crippen MR) is 86.2 cm³/mol. The number of nitrogens with two attached hydrogens (primary N) is 1. The summed E-state index contributed by atoms with van der Waals surface area (Å²) in [6.45, 7) is 8.19. The van der Waals surface area contributed by atoms with Crippen molar-refractivity contribution in [1.82, 2.24) is 15.3 Å². The molecule has 1 aromatic heterocycles. The topological polar surface area (TPSA) is 80.9 Å². The Morgan fingerprint density at radius 2 is 2.00 bits per heavy atom. The summed E-state index contributed by atoms with van der Waals surface area (Å²) in [7, 11) is 0. The van der Waals surface area contributed by atoms with Gasteiger partial charge in [0.25, 0.3) is 5.91 Å². The van der Waals surface area contributed by atoms with Gasteiger partial charge >= 0.3 is 0 Å². The van der Waals surface area contributed by atoms with Gasteiger partial charge in [0.1, 0.15) is 5.82 Å². The first-order valence-corrected chi connectivity index (χ1v) is 7.89. The highest BCUT2D eigenvalue weighted by atomic mass is 16.2. The van der Waals surface area contributed by atoms with Crippen molar-refractivity contribution in [1.29, 1.82) is 0 Å². The summed E-state index contributed by atoms with van der Waals surface area (Å²) in [6, 6.07) is 0.131. The molecule has 1 unspecified atom stereocenters. The zero-order chi connectivity index (χ0) is 15.8. The molecule has 118 valence electrons. The molecule has 0 aromatic carbocycles. The summed E-state index contributed by atoms with van der Waals surface area (Å²) in [6.07, 6.45) is 7.31. The highest BCUT2D eigenvalue weighted by Gasteiger charge is 2.16. The fraction of sp³-hybridized carbons (Fsp3) is 0.688. The quantitative estimate of drug-likeness (QED) is 0.720. The van der Waals surface area contributed by atoms with Crippen LogP contribution in [-0.4, -0.2) is 21.9 Å². The zero-order valence-corrected chi connectivity index (χ0v) is 13.6. The van der Waals surface area contributed by atoms with Gasteiger partial charge in [0.05, 0.1) is 11.9 Å². The first-order valence-electron chi connectivity index (χ1n) is 7.89. The van der Waals surface area contributed by atoms with E-state index in [0.29, 0.717) is 11.5 Å². The van der Waals surface area contributed by atoms with Crippen LogP contribution < -0.4 is 11.1 Å². The van der Waals surface area contributed by atoms with E-state index in [2.05, 4.69) is 22.2 Å². The van der Waals surface area contributed by atoms with Gasteiger partial charge in [-0.2, -0.15) is 0 Å². The molecule has 3 N–H and O–H groups in total. The van der Waals surface area contributed by atoms with Crippen molar-refractivity contribution >= 4 is 11.6 Å². The van der Waals surface area contributed by atoms with Gasteiger partial charge in [-0.1, -0.05) is 46.5 Å². The molecule has 0 saturated heterocycles. The second-order valence-corrected chi connectivity index (χ2v) is 5.91. The van der Waals surface area contributed by atoms with Crippen molar-refractivity contribution in [2.45, 2.75) is 71.8 Å². The van der Waals surface area contributed by atoms with E-state index in [0.717, 1.165) is 12.8 Å². The Labute approximate surface area is 127 Å². The molecule has 0 radical (unpaired) electrons. The van der Waals surface area contributed by atoms with E-state index in [-0.39, 0.29) is 23.6 Å². The van der Waals surface area contributed by atoms with Crippen molar-refractivity contribution in [3.8, 4) is 0 Å². The fourth-order valence-corrected chi connectivity index (χ4v) is 2.11. The number of carbonyl (C=O) groups excluding carboxylic acids is 1. The summed E-state index contributed by atoms with van der Waals surface area (Å²) < 4.78 is 0. The van der Waals surface area contributed by atoms with Gasteiger partial charge in [0.2, 0.25) is 0 Å². The summed E-state index contributed by atoms with van der Waals surface area (Å²) in [5, 5.41) is 2.97. The molecular formula is C16H28N4O. The number of hydrogen-bond acceptors (Lipinski definition) is 4. The largest absolute Gasteiger partial charge is 0.396 e. The number of unbranched alkanes of at least 4 members (excludes halogenated alkanes) is 3. The molecule has 0 spiro atoms. The molecule has 0 aliphatic carbocycles. The second kappa shape index (κ2) is 8.60. The number of nitrogens with one attached hydrogen (secondary N) is 1. The van der Waals surface area contributed by atoms with Gasteiger partial charge < -0.3 is 11.1 Å². The molecule has 1 amide bonds. The molecular weight excluding hydrogens is 264 g/mol. The van der Waals surface area contributed by atoms with Crippen LogP contribution in [0.15, 0.2) is 6.20 Å². The van der Waals surface area contributed by atoms with Gasteiger partial charge in [-0.3, -0.25) is 4.79 Å². The van der Waals surface area contributed by atoms with Crippen LogP contribution >= 0.6 is 0 Å². The van der Waals surface area contributed by atoms with Crippen LogP contribution in [0, 0.1) is 0 Å². The monoisotopic (exact) mass is 292 g/mol. The lowest BCUT2D eigenvalue weighted by atomic mass is 10.1. The summed E-state index contributed by atoms with van der Waals surface area (Å²) in [4.78, 5) is 20.7. The first-order chi connectivity index (χ1) is 9.95. The minimum absolute atomic E-state index is 0.131. The summed E-state index contributed by atoms with van der Waals surface area (Å²) >= 11 is 0. The predicted octanol–water partition coefficient (Wildman–Crippen LogP) is 3.27.